The summed E-state index contributed by atoms with van der Waals surface area (Å²) in [7, 11) is 2.04. The number of halogens is 1. The molecule has 0 radical (unpaired) electrons. The lowest BCUT2D eigenvalue weighted by atomic mass is 10.3. The van der Waals surface area contributed by atoms with E-state index in [-0.39, 0.29) is 5.84 Å². The molecular formula is C12H22BrN5. The molecule has 0 saturated heterocycles. The van der Waals surface area contributed by atoms with Gasteiger partial charge in [-0.05, 0) is 36.3 Å². The second-order valence-electron chi connectivity index (χ2n) is 4.39. The van der Waals surface area contributed by atoms with Gasteiger partial charge in [-0.25, -0.2) is 0 Å². The van der Waals surface area contributed by atoms with E-state index < -0.39 is 0 Å². The van der Waals surface area contributed by atoms with Crippen LogP contribution in [0, 0.1) is 5.41 Å². The van der Waals surface area contributed by atoms with Crippen LogP contribution in [0.3, 0.4) is 0 Å². The Morgan fingerprint density at radius 3 is 2.67 bits per heavy atom. The van der Waals surface area contributed by atoms with Crippen LogP contribution < -0.4 is 5.73 Å². The smallest absolute Gasteiger partial charge is 0.0918 e. The van der Waals surface area contributed by atoms with E-state index in [1.807, 2.05) is 11.7 Å². The Bertz CT molecular complexity index is 413. The van der Waals surface area contributed by atoms with Gasteiger partial charge in [0.05, 0.1) is 21.7 Å². The number of hydrogen-bond donors (Lipinski definition) is 2. The maximum absolute atomic E-state index is 7.25. The van der Waals surface area contributed by atoms with Gasteiger partial charge in [-0.15, -0.1) is 0 Å². The Balaban J connectivity index is 2.76. The summed E-state index contributed by atoms with van der Waals surface area (Å²) < 4.78 is 3.15. The first kappa shape index (κ1) is 15.2. The maximum Gasteiger partial charge on any atom is 0.0918 e. The standard InChI is InChI=1S/C12H22BrN5/c1-4-9-12(13)10(18(5-2)16-9)8-17(3)7-6-11(14)15/h4-8H2,1-3H3,(H3,14,15). The lowest BCUT2D eigenvalue weighted by molar-refractivity contribution is 0.323. The molecule has 0 aliphatic carbocycles. The highest BCUT2D eigenvalue weighted by Crippen LogP contribution is 2.23. The summed E-state index contributed by atoms with van der Waals surface area (Å²) >= 11 is 3.63. The third-order valence-corrected chi connectivity index (χ3v) is 3.79. The van der Waals surface area contributed by atoms with Gasteiger partial charge in [-0.2, -0.15) is 5.10 Å². The van der Waals surface area contributed by atoms with Gasteiger partial charge in [0.25, 0.3) is 0 Å². The number of aryl methyl sites for hydroxylation is 2. The van der Waals surface area contributed by atoms with Gasteiger partial charge in [0.2, 0.25) is 0 Å². The molecule has 6 heteroatoms. The number of nitrogens with one attached hydrogen (secondary N) is 1. The molecule has 5 nitrogen and oxygen atoms in total. The number of hydrogen-bond acceptors (Lipinski definition) is 3. The zero-order valence-electron chi connectivity index (χ0n) is 11.3. The van der Waals surface area contributed by atoms with Crippen LogP contribution in [-0.4, -0.2) is 34.1 Å². The zero-order valence-corrected chi connectivity index (χ0v) is 12.9. The van der Waals surface area contributed by atoms with Crippen molar-refractivity contribution in [2.45, 2.75) is 39.8 Å². The molecule has 0 saturated carbocycles. The highest BCUT2D eigenvalue weighted by molar-refractivity contribution is 9.10. The van der Waals surface area contributed by atoms with Crippen molar-refractivity contribution in [3.63, 3.8) is 0 Å². The van der Waals surface area contributed by atoms with Gasteiger partial charge < -0.3 is 10.6 Å². The Morgan fingerprint density at radius 2 is 2.17 bits per heavy atom. The summed E-state index contributed by atoms with van der Waals surface area (Å²) in [4.78, 5) is 2.16. The van der Waals surface area contributed by atoms with Gasteiger partial charge in [-0.3, -0.25) is 10.1 Å². The summed E-state index contributed by atoms with van der Waals surface area (Å²) in [6.07, 6.45) is 1.53. The first-order valence-electron chi connectivity index (χ1n) is 6.25. The van der Waals surface area contributed by atoms with Crippen LogP contribution in [0.1, 0.15) is 31.7 Å². The number of aromatic nitrogens is 2. The van der Waals surface area contributed by atoms with Crippen molar-refractivity contribution >= 4 is 21.8 Å². The molecule has 0 aliphatic heterocycles. The zero-order chi connectivity index (χ0) is 13.7. The van der Waals surface area contributed by atoms with Crippen LogP contribution in [-0.2, 0) is 19.5 Å². The first-order valence-corrected chi connectivity index (χ1v) is 7.04. The molecule has 1 rings (SSSR count). The predicted octanol–water partition coefficient (Wildman–Crippen LogP) is 1.99. The van der Waals surface area contributed by atoms with E-state index in [2.05, 4.69) is 39.8 Å². The van der Waals surface area contributed by atoms with Crippen LogP contribution in [0.4, 0.5) is 0 Å². The van der Waals surface area contributed by atoms with E-state index in [9.17, 15) is 0 Å². The van der Waals surface area contributed by atoms with Crippen molar-refractivity contribution in [3.8, 4) is 0 Å². The van der Waals surface area contributed by atoms with Crippen molar-refractivity contribution in [1.29, 1.82) is 5.41 Å². The summed E-state index contributed by atoms with van der Waals surface area (Å²) in [6, 6.07) is 0. The average molecular weight is 316 g/mol. The van der Waals surface area contributed by atoms with E-state index >= 15 is 0 Å². The number of nitrogens with two attached hydrogens (primary N) is 1. The molecule has 0 spiro atoms. The number of nitrogens with zero attached hydrogens (tertiary/aromatic N) is 3. The molecule has 0 unspecified atom stereocenters. The van der Waals surface area contributed by atoms with Crippen molar-refractivity contribution in [2.75, 3.05) is 13.6 Å². The number of rotatable bonds is 7. The summed E-state index contributed by atoms with van der Waals surface area (Å²) in [5.74, 6) is 0.235. The summed E-state index contributed by atoms with van der Waals surface area (Å²) in [6.45, 7) is 6.68. The van der Waals surface area contributed by atoms with E-state index in [1.54, 1.807) is 0 Å². The molecule has 0 aliphatic rings. The third kappa shape index (κ3) is 3.81. The molecule has 1 heterocycles. The Morgan fingerprint density at radius 1 is 1.50 bits per heavy atom. The molecule has 18 heavy (non-hydrogen) atoms. The summed E-state index contributed by atoms with van der Waals surface area (Å²) in [5, 5.41) is 11.8. The second-order valence-corrected chi connectivity index (χ2v) is 5.18. The predicted molar refractivity (Wildman–Crippen MR) is 77.8 cm³/mol. The topological polar surface area (TPSA) is 70.9 Å². The fourth-order valence-electron chi connectivity index (χ4n) is 1.81. The van der Waals surface area contributed by atoms with E-state index in [4.69, 9.17) is 11.1 Å². The van der Waals surface area contributed by atoms with Crippen LogP contribution in [0.5, 0.6) is 0 Å². The van der Waals surface area contributed by atoms with Crippen LogP contribution >= 0.6 is 15.9 Å². The van der Waals surface area contributed by atoms with Crippen molar-refractivity contribution in [2.24, 2.45) is 5.73 Å². The molecule has 1 aromatic heterocycles. The maximum atomic E-state index is 7.25. The molecule has 0 bridgehead atoms. The third-order valence-electron chi connectivity index (χ3n) is 2.88. The van der Waals surface area contributed by atoms with Crippen LogP contribution in [0.2, 0.25) is 0 Å². The molecule has 3 N–H and O–H groups in total. The SMILES string of the molecule is CCc1nn(CC)c(CN(C)CCC(=N)N)c1Br. The van der Waals surface area contributed by atoms with Gasteiger partial charge >= 0.3 is 0 Å². The highest BCUT2D eigenvalue weighted by atomic mass is 79.9. The minimum atomic E-state index is 0.235. The summed E-state index contributed by atoms with van der Waals surface area (Å²) in [5.41, 5.74) is 7.67. The fraction of sp³-hybridized carbons (Fsp3) is 0.667. The molecule has 1 aromatic rings. The van der Waals surface area contributed by atoms with Gasteiger partial charge in [0.1, 0.15) is 0 Å². The van der Waals surface area contributed by atoms with Gasteiger partial charge in [0, 0.05) is 26.1 Å². The molecule has 0 atom stereocenters. The molecular weight excluding hydrogens is 294 g/mol. The Hall–Kier alpha value is -0.880. The van der Waals surface area contributed by atoms with Gasteiger partial charge in [0.15, 0.2) is 0 Å². The lowest BCUT2D eigenvalue weighted by Crippen LogP contribution is -2.25. The van der Waals surface area contributed by atoms with E-state index in [1.165, 1.54) is 5.69 Å². The largest absolute Gasteiger partial charge is 0.388 e. The quantitative estimate of drug-likeness (QED) is 0.597. The lowest BCUT2D eigenvalue weighted by Gasteiger charge is -2.17. The second kappa shape index (κ2) is 6.89. The molecule has 0 amide bonds. The van der Waals surface area contributed by atoms with E-state index in [0.29, 0.717) is 6.42 Å². The van der Waals surface area contributed by atoms with E-state index in [0.717, 1.165) is 36.2 Å². The Labute approximate surface area is 117 Å². The monoisotopic (exact) mass is 315 g/mol. The number of amidine groups is 1. The van der Waals surface area contributed by atoms with Crippen LogP contribution in [0.25, 0.3) is 0 Å². The molecule has 0 aromatic carbocycles. The van der Waals surface area contributed by atoms with Crippen LogP contribution in [0.15, 0.2) is 4.47 Å². The first-order chi connectivity index (χ1) is 8.49. The minimum Gasteiger partial charge on any atom is -0.388 e. The molecule has 0 fully saturated rings. The Kier molecular flexibility index (Phi) is 5.81. The highest BCUT2D eigenvalue weighted by Gasteiger charge is 2.15. The van der Waals surface area contributed by atoms with Crippen molar-refractivity contribution in [3.05, 3.63) is 15.9 Å². The normalized spacial score (nSPS) is 11.2. The van der Waals surface area contributed by atoms with Gasteiger partial charge in [-0.1, -0.05) is 6.92 Å². The van der Waals surface area contributed by atoms with Crippen molar-refractivity contribution < 1.29 is 0 Å². The van der Waals surface area contributed by atoms with Crippen molar-refractivity contribution in [1.82, 2.24) is 14.7 Å². The minimum absolute atomic E-state index is 0.235. The molecule has 102 valence electrons. The average Bonchev–Trinajstić information content (AvgIpc) is 2.63. The fourth-order valence-corrected chi connectivity index (χ4v) is 2.50.